The normalized spacial score (nSPS) is 17.1. The number of nitrogens with zero attached hydrogens (tertiary/aromatic N) is 1. The second-order valence-corrected chi connectivity index (χ2v) is 8.00. The van der Waals surface area contributed by atoms with Crippen molar-refractivity contribution in [3.8, 4) is 0 Å². The second kappa shape index (κ2) is 8.60. The Balaban J connectivity index is 2.26. The molecule has 0 saturated carbocycles. The van der Waals surface area contributed by atoms with Crippen LogP contribution in [0.25, 0.3) is 0 Å². The third kappa shape index (κ3) is 5.22. The molecule has 0 saturated heterocycles. The summed E-state index contributed by atoms with van der Waals surface area (Å²) in [4.78, 5) is 26.3. The molecule has 2 rings (SSSR count). The Kier molecular flexibility index (Phi) is 6.66. The lowest BCUT2D eigenvalue weighted by atomic mass is 9.95. The number of carbonyl (C=O) groups is 2. The van der Waals surface area contributed by atoms with E-state index in [1.54, 1.807) is 31.0 Å². The number of hydrogen-bond donors (Lipinski definition) is 3. The van der Waals surface area contributed by atoms with Crippen LogP contribution < -0.4 is 16.0 Å². The molecule has 1 aromatic rings. The van der Waals surface area contributed by atoms with E-state index in [0.717, 1.165) is 11.3 Å². The van der Waals surface area contributed by atoms with Crippen molar-refractivity contribution in [1.82, 2.24) is 15.5 Å². The van der Waals surface area contributed by atoms with Crippen molar-refractivity contribution in [1.29, 1.82) is 0 Å². The molecule has 152 valence electrons. The van der Waals surface area contributed by atoms with E-state index in [9.17, 15) is 9.59 Å². The van der Waals surface area contributed by atoms with Crippen LogP contribution in [0.2, 0.25) is 0 Å². The molecule has 1 aromatic carbocycles. The van der Waals surface area contributed by atoms with Gasteiger partial charge in [-0.3, -0.25) is 0 Å². The van der Waals surface area contributed by atoms with Crippen LogP contribution in [0.3, 0.4) is 0 Å². The van der Waals surface area contributed by atoms with E-state index in [4.69, 9.17) is 17.0 Å². The van der Waals surface area contributed by atoms with Crippen molar-refractivity contribution >= 4 is 35.0 Å². The number of amides is 2. The van der Waals surface area contributed by atoms with Crippen molar-refractivity contribution in [3.63, 3.8) is 0 Å². The number of nitrogens with one attached hydrogen (secondary N) is 3. The smallest absolute Gasteiger partial charge is 0.338 e. The second-order valence-electron chi connectivity index (χ2n) is 7.61. The number of ether oxygens (including phenoxy) is 1. The van der Waals surface area contributed by atoms with Crippen LogP contribution in [-0.2, 0) is 9.53 Å². The van der Waals surface area contributed by atoms with Crippen molar-refractivity contribution in [2.24, 2.45) is 0 Å². The lowest BCUT2D eigenvalue weighted by Crippen LogP contribution is -2.46. The quantitative estimate of drug-likeness (QED) is 0.528. The van der Waals surface area contributed by atoms with Gasteiger partial charge in [-0.05, 0) is 64.5 Å². The highest BCUT2D eigenvalue weighted by Gasteiger charge is 2.33. The molecular formula is C20H28N4O3S. The summed E-state index contributed by atoms with van der Waals surface area (Å²) in [5, 5.41) is 9.37. The maximum Gasteiger partial charge on any atom is 0.338 e. The molecule has 1 atom stereocenters. The lowest BCUT2D eigenvalue weighted by molar-refractivity contribution is -0.139. The van der Waals surface area contributed by atoms with Gasteiger partial charge in [0, 0.05) is 24.0 Å². The molecule has 0 aliphatic carbocycles. The Morgan fingerprint density at radius 3 is 2.39 bits per heavy atom. The minimum absolute atomic E-state index is 0.276. The van der Waals surface area contributed by atoms with Crippen LogP contribution in [0.5, 0.6) is 0 Å². The van der Waals surface area contributed by atoms with Gasteiger partial charge in [0.05, 0.1) is 18.2 Å². The Labute approximate surface area is 171 Å². The fourth-order valence-electron chi connectivity index (χ4n) is 2.82. The SMILES string of the molecule is CCOC(=O)C1=C(C)N(C)C(=S)NC1c1ccc(NC(=O)NC(C)(C)C)cc1. The molecule has 0 spiro atoms. The van der Waals surface area contributed by atoms with Gasteiger partial charge < -0.3 is 25.6 Å². The highest BCUT2D eigenvalue weighted by atomic mass is 32.1. The lowest BCUT2D eigenvalue weighted by Gasteiger charge is -2.35. The van der Waals surface area contributed by atoms with Crippen LogP contribution in [-0.4, -0.2) is 41.2 Å². The van der Waals surface area contributed by atoms with Crippen LogP contribution in [0.1, 0.15) is 46.2 Å². The minimum Gasteiger partial charge on any atom is -0.463 e. The number of thiocarbonyl (C=S) groups is 1. The third-order valence-corrected chi connectivity index (χ3v) is 4.63. The Hall–Kier alpha value is -2.61. The number of esters is 1. The number of carbonyl (C=O) groups excluding carboxylic acids is 2. The summed E-state index contributed by atoms with van der Waals surface area (Å²) < 4.78 is 5.24. The number of anilines is 1. The number of hydrogen-bond acceptors (Lipinski definition) is 4. The first-order valence-electron chi connectivity index (χ1n) is 9.14. The zero-order valence-corrected chi connectivity index (χ0v) is 18.0. The van der Waals surface area contributed by atoms with E-state index in [1.807, 2.05) is 39.8 Å². The molecular weight excluding hydrogens is 376 g/mol. The molecule has 0 radical (unpaired) electrons. The van der Waals surface area contributed by atoms with Gasteiger partial charge >= 0.3 is 12.0 Å². The first kappa shape index (κ1) is 21.7. The molecule has 0 fully saturated rings. The molecule has 8 heteroatoms. The standard InChI is InChI=1S/C20H28N4O3S/c1-7-27-17(25)15-12(2)24(6)19(28)22-16(15)13-8-10-14(11-9-13)21-18(26)23-20(3,4)5/h8-11,16H,7H2,1-6H3,(H,22,28)(H2,21,23,26). The molecule has 1 aliphatic rings. The molecule has 1 unspecified atom stereocenters. The van der Waals surface area contributed by atoms with Crippen LogP contribution in [0.4, 0.5) is 10.5 Å². The van der Waals surface area contributed by atoms with E-state index in [0.29, 0.717) is 23.0 Å². The highest BCUT2D eigenvalue weighted by molar-refractivity contribution is 7.80. The number of benzene rings is 1. The van der Waals surface area contributed by atoms with E-state index in [2.05, 4.69) is 16.0 Å². The van der Waals surface area contributed by atoms with Crippen molar-refractivity contribution in [2.75, 3.05) is 19.0 Å². The average Bonchev–Trinajstić information content (AvgIpc) is 2.58. The van der Waals surface area contributed by atoms with Gasteiger partial charge in [-0.2, -0.15) is 0 Å². The summed E-state index contributed by atoms with van der Waals surface area (Å²) in [7, 11) is 1.81. The number of urea groups is 1. The van der Waals surface area contributed by atoms with E-state index >= 15 is 0 Å². The molecule has 7 nitrogen and oxygen atoms in total. The maximum atomic E-state index is 12.5. The molecule has 3 N–H and O–H groups in total. The van der Waals surface area contributed by atoms with Crippen molar-refractivity contribution < 1.29 is 14.3 Å². The molecule has 1 heterocycles. The van der Waals surface area contributed by atoms with Gasteiger partial charge in [0.15, 0.2) is 5.11 Å². The first-order valence-corrected chi connectivity index (χ1v) is 9.55. The molecule has 28 heavy (non-hydrogen) atoms. The maximum absolute atomic E-state index is 12.5. The van der Waals surface area contributed by atoms with Gasteiger partial charge in [-0.1, -0.05) is 12.1 Å². The summed E-state index contributed by atoms with van der Waals surface area (Å²) in [5.41, 5.74) is 2.44. The number of rotatable bonds is 4. The fourth-order valence-corrected chi connectivity index (χ4v) is 3.08. The summed E-state index contributed by atoms with van der Waals surface area (Å²) in [6.45, 7) is 9.65. The summed E-state index contributed by atoms with van der Waals surface area (Å²) >= 11 is 5.38. The topological polar surface area (TPSA) is 82.7 Å². The average molecular weight is 405 g/mol. The Morgan fingerprint density at radius 1 is 1.25 bits per heavy atom. The third-order valence-electron chi connectivity index (χ3n) is 4.24. The molecule has 1 aliphatic heterocycles. The van der Waals surface area contributed by atoms with Gasteiger partial charge in [0.2, 0.25) is 0 Å². The minimum atomic E-state index is -0.416. The van der Waals surface area contributed by atoms with Crippen LogP contribution in [0, 0.1) is 0 Å². The molecule has 0 bridgehead atoms. The van der Waals surface area contributed by atoms with Crippen molar-refractivity contribution in [2.45, 2.75) is 46.2 Å². The van der Waals surface area contributed by atoms with Crippen LogP contribution in [0.15, 0.2) is 35.5 Å². The van der Waals surface area contributed by atoms with Crippen LogP contribution >= 0.6 is 12.2 Å². The molecule has 0 aromatic heterocycles. The zero-order chi connectivity index (χ0) is 21.1. The Morgan fingerprint density at radius 2 is 1.86 bits per heavy atom. The summed E-state index contributed by atoms with van der Waals surface area (Å²) in [6.07, 6.45) is 0. The van der Waals surface area contributed by atoms with Crippen molar-refractivity contribution in [3.05, 3.63) is 41.1 Å². The van der Waals surface area contributed by atoms with E-state index in [1.165, 1.54) is 0 Å². The predicted octanol–water partition coefficient (Wildman–Crippen LogP) is 3.30. The van der Waals surface area contributed by atoms with E-state index in [-0.39, 0.29) is 17.5 Å². The number of allylic oxidation sites excluding steroid dienone is 1. The van der Waals surface area contributed by atoms with E-state index < -0.39 is 6.04 Å². The largest absolute Gasteiger partial charge is 0.463 e. The van der Waals surface area contributed by atoms with Gasteiger partial charge in [0.25, 0.3) is 0 Å². The predicted molar refractivity (Wildman–Crippen MR) is 114 cm³/mol. The fraction of sp³-hybridized carbons (Fsp3) is 0.450. The monoisotopic (exact) mass is 404 g/mol. The first-order chi connectivity index (χ1) is 13.0. The molecule has 2 amide bonds. The Bertz CT molecular complexity index is 797. The van der Waals surface area contributed by atoms with Gasteiger partial charge in [-0.15, -0.1) is 0 Å². The zero-order valence-electron chi connectivity index (χ0n) is 17.2. The van der Waals surface area contributed by atoms with Gasteiger partial charge in [0.1, 0.15) is 0 Å². The summed E-state index contributed by atoms with van der Waals surface area (Å²) in [5.74, 6) is -0.376. The van der Waals surface area contributed by atoms with Gasteiger partial charge in [-0.25, -0.2) is 9.59 Å². The highest BCUT2D eigenvalue weighted by Crippen LogP contribution is 2.31. The summed E-state index contributed by atoms with van der Waals surface area (Å²) in [6, 6.07) is 6.59.